The van der Waals surface area contributed by atoms with Crippen LogP contribution in [0, 0.1) is 0 Å². The van der Waals surface area contributed by atoms with Gasteiger partial charge >= 0.3 is 11.9 Å². The second-order valence-corrected chi connectivity index (χ2v) is 8.71. The molecule has 2 aromatic carbocycles. The van der Waals surface area contributed by atoms with E-state index in [9.17, 15) is 24.6 Å². The number of rotatable bonds is 12. The van der Waals surface area contributed by atoms with Crippen molar-refractivity contribution in [1.82, 2.24) is 10.2 Å². The number of nitrogens with zero attached hydrogens (tertiary/aromatic N) is 1. The number of hydrogen-bond acceptors (Lipinski definition) is 5. The van der Waals surface area contributed by atoms with E-state index in [0.29, 0.717) is 38.6 Å². The summed E-state index contributed by atoms with van der Waals surface area (Å²) >= 11 is 0. The molecular weight excluding hydrogens is 434 g/mol. The summed E-state index contributed by atoms with van der Waals surface area (Å²) in [5.41, 5.74) is 8.46. The predicted octanol–water partition coefficient (Wildman–Crippen LogP) is 2.20. The zero-order valence-corrected chi connectivity index (χ0v) is 19.2. The molecule has 3 atom stereocenters. The third-order valence-corrected chi connectivity index (χ3v) is 6.33. The number of carboxylic acids is 2. The molecule has 8 nitrogen and oxygen atoms in total. The first-order valence-corrected chi connectivity index (χ1v) is 11.7. The number of aryl methyl sites for hydroxylation is 1. The maximum absolute atomic E-state index is 13.6. The van der Waals surface area contributed by atoms with Crippen molar-refractivity contribution >= 4 is 17.8 Å². The number of hydrogen-bond donors (Lipinski definition) is 4. The van der Waals surface area contributed by atoms with Crippen molar-refractivity contribution in [3.63, 3.8) is 0 Å². The minimum absolute atomic E-state index is 0.183. The number of nitrogens with two attached hydrogens (primary N) is 1. The van der Waals surface area contributed by atoms with Crippen molar-refractivity contribution < 1.29 is 24.6 Å². The van der Waals surface area contributed by atoms with Crippen molar-refractivity contribution in [3.8, 4) is 0 Å². The number of nitrogens with one attached hydrogen (secondary N) is 1. The highest BCUT2D eigenvalue weighted by Gasteiger charge is 2.38. The highest BCUT2D eigenvalue weighted by molar-refractivity contribution is 5.88. The van der Waals surface area contributed by atoms with E-state index in [1.54, 1.807) is 0 Å². The van der Waals surface area contributed by atoms with Gasteiger partial charge in [-0.3, -0.25) is 14.9 Å². The van der Waals surface area contributed by atoms with Gasteiger partial charge in [-0.15, -0.1) is 0 Å². The van der Waals surface area contributed by atoms with Gasteiger partial charge in [0.25, 0.3) is 0 Å². The number of aliphatic carboxylic acids is 2. The van der Waals surface area contributed by atoms with E-state index in [1.165, 1.54) is 4.90 Å². The zero-order valence-electron chi connectivity index (χ0n) is 19.2. The molecule has 1 aliphatic heterocycles. The van der Waals surface area contributed by atoms with E-state index in [2.05, 4.69) is 5.32 Å². The third-order valence-electron chi connectivity index (χ3n) is 6.33. The minimum Gasteiger partial charge on any atom is -0.480 e. The fourth-order valence-electron chi connectivity index (χ4n) is 4.42. The molecule has 0 radical (unpaired) electrons. The molecule has 8 heteroatoms. The Labute approximate surface area is 199 Å². The van der Waals surface area contributed by atoms with E-state index in [1.807, 2.05) is 54.6 Å². The Morgan fingerprint density at radius 1 is 0.941 bits per heavy atom. The summed E-state index contributed by atoms with van der Waals surface area (Å²) in [6.45, 7) is 0.648. The Morgan fingerprint density at radius 2 is 1.62 bits per heavy atom. The highest BCUT2D eigenvalue weighted by atomic mass is 16.4. The summed E-state index contributed by atoms with van der Waals surface area (Å²) in [6, 6.07) is 14.3. The summed E-state index contributed by atoms with van der Waals surface area (Å²) in [7, 11) is 0. The van der Waals surface area contributed by atoms with E-state index in [-0.39, 0.29) is 18.9 Å². The molecule has 0 spiro atoms. The molecule has 0 aromatic heterocycles. The Balaban J connectivity index is 1.79. The molecule has 0 saturated carbocycles. The van der Waals surface area contributed by atoms with Gasteiger partial charge in [-0.05, 0) is 48.9 Å². The van der Waals surface area contributed by atoms with E-state index >= 15 is 0 Å². The van der Waals surface area contributed by atoms with Crippen LogP contribution < -0.4 is 11.1 Å². The number of carbonyl (C=O) groups is 3. The molecule has 1 heterocycles. The van der Waals surface area contributed by atoms with Gasteiger partial charge in [0.15, 0.2) is 0 Å². The van der Waals surface area contributed by atoms with E-state index < -0.39 is 30.1 Å². The topological polar surface area (TPSA) is 133 Å². The Kier molecular flexibility index (Phi) is 9.18. The van der Waals surface area contributed by atoms with Gasteiger partial charge in [0.05, 0.1) is 6.04 Å². The number of fused-ring (bicyclic) bond motifs is 1. The molecule has 5 N–H and O–H groups in total. The average Bonchev–Trinajstić information content (AvgIpc) is 2.84. The zero-order chi connectivity index (χ0) is 24.5. The molecule has 0 saturated heterocycles. The first kappa shape index (κ1) is 25.4. The maximum Gasteiger partial charge on any atom is 0.326 e. The van der Waals surface area contributed by atoms with Crippen LogP contribution in [-0.2, 0) is 33.8 Å². The lowest BCUT2D eigenvalue weighted by atomic mass is 9.92. The first-order chi connectivity index (χ1) is 16.4. The molecule has 1 aliphatic rings. The van der Waals surface area contributed by atoms with Crippen LogP contribution in [0.5, 0.6) is 0 Å². The lowest BCUT2D eigenvalue weighted by Crippen LogP contribution is -2.57. The van der Waals surface area contributed by atoms with Crippen molar-refractivity contribution in [2.45, 2.75) is 63.2 Å². The largest absolute Gasteiger partial charge is 0.480 e. The second-order valence-electron chi connectivity index (χ2n) is 8.71. The van der Waals surface area contributed by atoms with Gasteiger partial charge < -0.3 is 20.8 Å². The Bertz CT molecular complexity index is 981. The lowest BCUT2D eigenvalue weighted by molar-refractivity contribution is -0.153. The lowest BCUT2D eigenvalue weighted by Gasteiger charge is -2.37. The summed E-state index contributed by atoms with van der Waals surface area (Å²) in [4.78, 5) is 39.0. The van der Waals surface area contributed by atoms with Crippen LogP contribution in [0.25, 0.3) is 0 Å². The molecule has 0 aliphatic carbocycles. The third kappa shape index (κ3) is 6.65. The highest BCUT2D eigenvalue weighted by Crippen LogP contribution is 2.25. The van der Waals surface area contributed by atoms with Crippen LogP contribution >= 0.6 is 0 Å². The number of amides is 1. The van der Waals surface area contributed by atoms with Gasteiger partial charge in [-0.2, -0.15) is 0 Å². The monoisotopic (exact) mass is 467 g/mol. The quantitative estimate of drug-likeness (QED) is 0.352. The van der Waals surface area contributed by atoms with Gasteiger partial charge in [0.1, 0.15) is 12.1 Å². The first-order valence-electron chi connectivity index (χ1n) is 11.7. The number of unbranched alkanes of at least 4 members (excludes halogenated alkanes) is 1. The summed E-state index contributed by atoms with van der Waals surface area (Å²) < 4.78 is 0. The average molecular weight is 468 g/mol. The van der Waals surface area contributed by atoms with Crippen LogP contribution in [0.1, 0.15) is 42.4 Å². The molecule has 2 unspecified atom stereocenters. The molecule has 2 aromatic rings. The van der Waals surface area contributed by atoms with Gasteiger partial charge in [-0.25, -0.2) is 4.79 Å². The van der Waals surface area contributed by atoms with Crippen LogP contribution in [0.3, 0.4) is 0 Å². The summed E-state index contributed by atoms with van der Waals surface area (Å²) in [5, 5.41) is 22.7. The predicted molar refractivity (Wildman–Crippen MR) is 128 cm³/mol. The standard InChI is InChI=1S/C26H33N3O5/c27-15-7-6-12-21(28-22(25(31)32)14-13-18-8-2-1-3-9-18)24(30)29-17-20-11-5-4-10-19(20)16-23(29)26(33)34/h1-5,8-11,21-23,28H,6-7,12-17,27H2,(H,31,32)(H,33,34)/t21-,22?,23?/m0/s1. The Morgan fingerprint density at radius 3 is 2.26 bits per heavy atom. The maximum atomic E-state index is 13.6. The fourth-order valence-corrected chi connectivity index (χ4v) is 4.42. The van der Waals surface area contributed by atoms with Gasteiger partial charge in [0, 0.05) is 13.0 Å². The number of carboxylic acid groups (broad SMARTS) is 2. The van der Waals surface area contributed by atoms with Crippen LogP contribution in [-0.4, -0.2) is 57.6 Å². The molecule has 1 amide bonds. The van der Waals surface area contributed by atoms with Gasteiger partial charge in [0.2, 0.25) is 5.91 Å². The second kappa shape index (κ2) is 12.3. The van der Waals surface area contributed by atoms with E-state index in [0.717, 1.165) is 16.7 Å². The number of benzene rings is 2. The smallest absolute Gasteiger partial charge is 0.326 e. The van der Waals surface area contributed by atoms with E-state index in [4.69, 9.17) is 5.73 Å². The molecule has 0 bridgehead atoms. The normalized spacial score (nSPS) is 17.0. The van der Waals surface area contributed by atoms with Crippen LogP contribution in [0.2, 0.25) is 0 Å². The molecule has 0 fully saturated rings. The van der Waals surface area contributed by atoms with Crippen LogP contribution in [0.15, 0.2) is 54.6 Å². The summed E-state index contributed by atoms with van der Waals surface area (Å²) in [6.07, 6.45) is 2.79. The van der Waals surface area contributed by atoms with Crippen molar-refractivity contribution in [1.29, 1.82) is 0 Å². The Hall–Kier alpha value is -3.23. The molecule has 3 rings (SSSR count). The minimum atomic E-state index is -1.07. The fraction of sp³-hybridized carbons (Fsp3) is 0.423. The SMILES string of the molecule is NCCCC[C@H](NC(CCc1ccccc1)C(=O)O)C(=O)N1Cc2ccccc2CC1C(=O)O. The summed E-state index contributed by atoms with van der Waals surface area (Å²) in [5.74, 6) is -2.49. The number of carbonyl (C=O) groups excluding carboxylic acids is 1. The van der Waals surface area contributed by atoms with Crippen molar-refractivity contribution in [2.75, 3.05) is 6.54 Å². The molecular formula is C26H33N3O5. The van der Waals surface area contributed by atoms with Gasteiger partial charge in [-0.1, -0.05) is 61.0 Å². The molecule has 34 heavy (non-hydrogen) atoms. The van der Waals surface area contributed by atoms with Crippen LogP contribution in [0.4, 0.5) is 0 Å². The van der Waals surface area contributed by atoms with Crippen molar-refractivity contribution in [2.24, 2.45) is 5.73 Å². The molecule has 182 valence electrons. The van der Waals surface area contributed by atoms with Crippen molar-refractivity contribution in [3.05, 3.63) is 71.3 Å².